The van der Waals surface area contributed by atoms with Gasteiger partial charge in [-0.1, -0.05) is 12.1 Å². The molecule has 1 heterocycles. The van der Waals surface area contributed by atoms with E-state index in [-0.39, 0.29) is 11.9 Å². The molecule has 0 aromatic heterocycles. The molecule has 4 heteroatoms. The number of Topliss-reactive ketones (excluding diaryl/α,β-unsaturated/α-hetero) is 1. The highest BCUT2D eigenvalue weighted by atomic mass is 16.5. The highest BCUT2D eigenvalue weighted by Crippen LogP contribution is 2.19. The number of ether oxygens (including phenoxy) is 1. The van der Waals surface area contributed by atoms with Crippen LogP contribution >= 0.6 is 0 Å². The Kier molecular flexibility index (Phi) is 3.76. The number of nitrogens with zero attached hydrogens (tertiary/aromatic N) is 1. The van der Waals surface area contributed by atoms with Gasteiger partial charge in [0.05, 0.1) is 0 Å². The molecule has 0 atom stereocenters. The number of likely N-dealkylation sites (N-methyl/N-ethyl adjacent to an activating group) is 1. The molecule has 0 aliphatic carbocycles. The quantitative estimate of drug-likeness (QED) is 0.769. The minimum Gasteiger partial charge on any atom is -0.488 e. The Hall–Kier alpha value is -1.39. The maximum atomic E-state index is 11.7. The summed E-state index contributed by atoms with van der Waals surface area (Å²) in [7, 11) is 2.06. The van der Waals surface area contributed by atoms with Crippen molar-refractivity contribution < 1.29 is 9.53 Å². The van der Waals surface area contributed by atoms with Crippen molar-refractivity contribution in [2.45, 2.75) is 12.5 Å². The number of benzene rings is 1. The maximum Gasteiger partial charge on any atom is 0.164 e. The summed E-state index contributed by atoms with van der Waals surface area (Å²) in [6.07, 6.45) is 0.634. The Morgan fingerprint density at radius 2 is 2.29 bits per heavy atom. The number of rotatable bonds is 5. The summed E-state index contributed by atoms with van der Waals surface area (Å²) >= 11 is 0. The third-order valence-electron chi connectivity index (χ3n) is 2.86. The number of carbonyl (C=O) groups excluding carboxylic acids is 1. The van der Waals surface area contributed by atoms with E-state index in [9.17, 15) is 4.79 Å². The van der Waals surface area contributed by atoms with E-state index in [2.05, 4.69) is 11.9 Å². The predicted octanol–water partition coefficient (Wildman–Crippen LogP) is 0.911. The minimum atomic E-state index is 0.0728. The van der Waals surface area contributed by atoms with Crippen molar-refractivity contribution in [3.05, 3.63) is 29.8 Å². The van der Waals surface area contributed by atoms with Gasteiger partial charge in [-0.15, -0.1) is 0 Å². The van der Waals surface area contributed by atoms with Gasteiger partial charge >= 0.3 is 0 Å². The first kappa shape index (κ1) is 12.1. The zero-order valence-electron chi connectivity index (χ0n) is 10.1. The summed E-state index contributed by atoms with van der Waals surface area (Å²) in [5, 5.41) is 0. The fourth-order valence-electron chi connectivity index (χ4n) is 1.93. The summed E-state index contributed by atoms with van der Waals surface area (Å²) in [4.78, 5) is 13.9. The normalized spacial score (nSPS) is 16.6. The summed E-state index contributed by atoms with van der Waals surface area (Å²) in [5.74, 6) is 0.842. The monoisotopic (exact) mass is 234 g/mol. The van der Waals surface area contributed by atoms with Crippen LogP contribution in [0.3, 0.4) is 0 Å². The van der Waals surface area contributed by atoms with E-state index >= 15 is 0 Å². The van der Waals surface area contributed by atoms with Crippen LogP contribution in [0.4, 0.5) is 0 Å². The third kappa shape index (κ3) is 3.05. The highest BCUT2D eigenvalue weighted by Gasteiger charge is 2.24. The second-order valence-corrected chi connectivity index (χ2v) is 4.45. The Labute approximate surface area is 101 Å². The van der Waals surface area contributed by atoms with Crippen LogP contribution in [0, 0.1) is 0 Å². The molecule has 17 heavy (non-hydrogen) atoms. The molecule has 1 saturated heterocycles. The molecule has 92 valence electrons. The molecule has 2 N–H and O–H groups in total. The van der Waals surface area contributed by atoms with Gasteiger partial charge in [0.1, 0.15) is 11.9 Å². The lowest BCUT2D eigenvalue weighted by molar-refractivity contribution is 0.0387. The summed E-state index contributed by atoms with van der Waals surface area (Å²) in [6, 6.07) is 7.34. The Morgan fingerprint density at radius 3 is 2.94 bits per heavy atom. The lowest BCUT2D eigenvalue weighted by atomic mass is 10.1. The molecular weight excluding hydrogens is 216 g/mol. The van der Waals surface area contributed by atoms with Crippen LogP contribution in [-0.2, 0) is 0 Å². The molecule has 0 spiro atoms. The van der Waals surface area contributed by atoms with Crippen molar-refractivity contribution in [2.24, 2.45) is 5.73 Å². The van der Waals surface area contributed by atoms with E-state index in [1.165, 1.54) is 0 Å². The van der Waals surface area contributed by atoms with Crippen LogP contribution in [0.15, 0.2) is 24.3 Å². The van der Waals surface area contributed by atoms with Crippen molar-refractivity contribution in [3.63, 3.8) is 0 Å². The molecule has 4 nitrogen and oxygen atoms in total. The highest BCUT2D eigenvalue weighted by molar-refractivity contribution is 5.96. The minimum absolute atomic E-state index is 0.0728. The van der Waals surface area contributed by atoms with Crippen molar-refractivity contribution >= 4 is 5.78 Å². The largest absolute Gasteiger partial charge is 0.488 e. The molecular formula is C13H18N2O2. The standard InChI is InChI=1S/C13H18N2O2/c1-15-8-12(9-15)17-11-4-2-3-10(7-11)13(16)5-6-14/h2-4,7,12H,5-6,8-9,14H2,1H3. The number of hydrogen-bond donors (Lipinski definition) is 1. The van der Waals surface area contributed by atoms with E-state index in [1.807, 2.05) is 12.1 Å². The second-order valence-electron chi connectivity index (χ2n) is 4.45. The van der Waals surface area contributed by atoms with Gasteiger partial charge in [0.25, 0.3) is 0 Å². The Morgan fingerprint density at radius 1 is 1.53 bits per heavy atom. The molecule has 0 saturated carbocycles. The fraction of sp³-hybridized carbons (Fsp3) is 0.462. The number of hydrogen-bond acceptors (Lipinski definition) is 4. The van der Waals surface area contributed by atoms with E-state index in [0.29, 0.717) is 18.5 Å². The number of nitrogens with two attached hydrogens (primary N) is 1. The van der Waals surface area contributed by atoms with Crippen molar-refractivity contribution in [1.29, 1.82) is 0 Å². The van der Waals surface area contributed by atoms with Crippen molar-refractivity contribution in [3.8, 4) is 5.75 Å². The molecule has 0 unspecified atom stereocenters. The second kappa shape index (κ2) is 5.29. The molecule has 0 bridgehead atoms. The fourth-order valence-corrected chi connectivity index (χ4v) is 1.93. The van der Waals surface area contributed by atoms with Gasteiger partial charge in [0.2, 0.25) is 0 Å². The van der Waals surface area contributed by atoms with E-state index in [1.54, 1.807) is 12.1 Å². The van der Waals surface area contributed by atoms with Gasteiger partial charge < -0.3 is 10.5 Å². The first-order chi connectivity index (χ1) is 8.19. The smallest absolute Gasteiger partial charge is 0.164 e. The van der Waals surface area contributed by atoms with Gasteiger partial charge in [-0.2, -0.15) is 0 Å². The molecule has 1 aliphatic rings. The van der Waals surface area contributed by atoms with Crippen LogP contribution in [0.25, 0.3) is 0 Å². The van der Waals surface area contributed by atoms with Gasteiger partial charge in [0.15, 0.2) is 5.78 Å². The van der Waals surface area contributed by atoms with Gasteiger partial charge in [0, 0.05) is 25.1 Å². The van der Waals surface area contributed by atoms with Crippen molar-refractivity contribution in [2.75, 3.05) is 26.7 Å². The zero-order chi connectivity index (χ0) is 12.3. The van der Waals surface area contributed by atoms with Gasteiger partial charge in [-0.05, 0) is 25.7 Å². The average molecular weight is 234 g/mol. The average Bonchev–Trinajstić information content (AvgIpc) is 2.28. The zero-order valence-corrected chi connectivity index (χ0v) is 10.1. The van der Waals surface area contributed by atoms with Crippen LogP contribution in [0.5, 0.6) is 5.75 Å². The van der Waals surface area contributed by atoms with E-state index < -0.39 is 0 Å². The third-order valence-corrected chi connectivity index (χ3v) is 2.86. The predicted molar refractivity (Wildman–Crippen MR) is 66.4 cm³/mol. The molecule has 0 radical (unpaired) electrons. The molecule has 1 aromatic carbocycles. The molecule has 2 rings (SSSR count). The van der Waals surface area contributed by atoms with Gasteiger partial charge in [-0.3, -0.25) is 9.69 Å². The van der Waals surface area contributed by atoms with Crippen LogP contribution < -0.4 is 10.5 Å². The number of likely N-dealkylation sites (tertiary alicyclic amines) is 1. The van der Waals surface area contributed by atoms with Crippen molar-refractivity contribution in [1.82, 2.24) is 4.90 Å². The first-order valence-corrected chi connectivity index (χ1v) is 5.87. The molecule has 0 amide bonds. The Bertz CT molecular complexity index is 400. The van der Waals surface area contributed by atoms with Crippen LogP contribution in [0.2, 0.25) is 0 Å². The summed E-state index contributed by atoms with van der Waals surface area (Å²) < 4.78 is 5.76. The van der Waals surface area contributed by atoms with Crippen LogP contribution in [-0.4, -0.2) is 43.5 Å². The molecule has 1 aromatic rings. The lowest BCUT2D eigenvalue weighted by Gasteiger charge is -2.36. The topological polar surface area (TPSA) is 55.6 Å². The Balaban J connectivity index is 1.98. The lowest BCUT2D eigenvalue weighted by Crippen LogP contribution is -2.51. The van der Waals surface area contributed by atoms with Gasteiger partial charge in [-0.25, -0.2) is 0 Å². The maximum absolute atomic E-state index is 11.7. The van der Waals surface area contributed by atoms with E-state index in [4.69, 9.17) is 10.5 Å². The first-order valence-electron chi connectivity index (χ1n) is 5.87. The van der Waals surface area contributed by atoms with Crippen LogP contribution in [0.1, 0.15) is 16.8 Å². The van der Waals surface area contributed by atoms with E-state index in [0.717, 1.165) is 18.8 Å². The number of ketones is 1. The molecule has 1 aliphatic heterocycles. The summed E-state index contributed by atoms with van der Waals surface area (Å²) in [5.41, 5.74) is 6.06. The molecule has 1 fully saturated rings. The summed E-state index contributed by atoms with van der Waals surface area (Å²) in [6.45, 7) is 2.28. The SMILES string of the molecule is CN1CC(Oc2cccc(C(=O)CCN)c2)C1. The number of carbonyl (C=O) groups is 1.